The fourth-order valence-corrected chi connectivity index (χ4v) is 1.26. The molecule has 0 unspecified atom stereocenters. The molecule has 1 rings (SSSR count). The summed E-state index contributed by atoms with van der Waals surface area (Å²) < 4.78 is 0. The van der Waals surface area contributed by atoms with Gasteiger partial charge in [-0.25, -0.2) is 4.79 Å². The molecule has 0 aromatic carbocycles. The number of hydrogen-bond donors (Lipinski definition) is 2. The maximum atomic E-state index is 10.3. The average Bonchev–Trinajstić information content (AvgIpc) is 2.14. The van der Waals surface area contributed by atoms with Crippen molar-refractivity contribution in [1.29, 1.82) is 0 Å². The summed E-state index contributed by atoms with van der Waals surface area (Å²) in [6.07, 6.45) is 4.21. The van der Waals surface area contributed by atoms with Gasteiger partial charge in [-0.2, -0.15) is 0 Å². The second-order valence-corrected chi connectivity index (χ2v) is 2.74. The van der Waals surface area contributed by atoms with Crippen LogP contribution in [0.4, 0.5) is 0 Å². The summed E-state index contributed by atoms with van der Waals surface area (Å²) in [6, 6.07) is 0. The second-order valence-electron chi connectivity index (χ2n) is 2.74. The molecule has 0 spiro atoms. The Labute approximate surface area is 78.3 Å². The van der Waals surface area contributed by atoms with Crippen molar-refractivity contribution in [3.05, 3.63) is 11.6 Å². The quantitative estimate of drug-likeness (QED) is 0.613. The van der Waals surface area contributed by atoms with E-state index < -0.39 is 5.97 Å². The highest BCUT2D eigenvalue weighted by Gasteiger charge is 2.04. The van der Waals surface area contributed by atoms with E-state index in [9.17, 15) is 4.79 Å². The van der Waals surface area contributed by atoms with E-state index >= 15 is 0 Å². The van der Waals surface area contributed by atoms with Crippen LogP contribution in [0.2, 0.25) is 0 Å². The minimum Gasteiger partial charge on any atom is -0.478 e. The van der Waals surface area contributed by atoms with Crippen molar-refractivity contribution in [2.24, 2.45) is 0 Å². The van der Waals surface area contributed by atoms with Gasteiger partial charge in [0.05, 0.1) is 0 Å². The van der Waals surface area contributed by atoms with Gasteiger partial charge in [-0.15, -0.1) is 12.4 Å². The molecule has 0 amide bonds. The fourth-order valence-electron chi connectivity index (χ4n) is 1.26. The summed E-state index contributed by atoms with van der Waals surface area (Å²) in [5.74, 6) is -0.818. The number of carboxylic acids is 1. The molecule has 0 saturated carbocycles. The van der Waals surface area contributed by atoms with E-state index in [-0.39, 0.29) is 12.4 Å². The molecule has 1 aliphatic rings. The Kier molecular flexibility index (Phi) is 5.76. The van der Waals surface area contributed by atoms with Crippen LogP contribution in [0.5, 0.6) is 0 Å². The summed E-state index contributed by atoms with van der Waals surface area (Å²) in [7, 11) is 0. The van der Waals surface area contributed by atoms with Crippen LogP contribution in [-0.2, 0) is 4.79 Å². The maximum Gasteiger partial charge on any atom is 0.328 e. The predicted octanol–water partition coefficient (Wildman–Crippen LogP) is 1.19. The first kappa shape index (κ1) is 11.5. The molecule has 1 aliphatic heterocycles. The van der Waals surface area contributed by atoms with Crippen molar-refractivity contribution < 1.29 is 9.90 Å². The fraction of sp³-hybridized carbons (Fsp3) is 0.625. The number of aliphatic carboxylic acids is 1. The maximum absolute atomic E-state index is 10.3. The summed E-state index contributed by atoms with van der Waals surface area (Å²) in [5.41, 5.74) is 1.06. The highest BCUT2D eigenvalue weighted by molar-refractivity contribution is 5.85. The van der Waals surface area contributed by atoms with Gasteiger partial charge in [-0.1, -0.05) is 5.57 Å². The molecule has 70 valence electrons. The Morgan fingerprint density at radius 1 is 1.42 bits per heavy atom. The first-order valence-electron chi connectivity index (χ1n) is 3.92. The van der Waals surface area contributed by atoms with E-state index in [2.05, 4.69) is 5.32 Å². The van der Waals surface area contributed by atoms with Crippen LogP contribution in [0.25, 0.3) is 0 Å². The van der Waals surface area contributed by atoms with E-state index in [0.29, 0.717) is 0 Å². The summed E-state index contributed by atoms with van der Waals surface area (Å²) in [6.45, 7) is 1.93. The largest absolute Gasteiger partial charge is 0.478 e. The van der Waals surface area contributed by atoms with Crippen molar-refractivity contribution in [2.75, 3.05) is 13.1 Å². The number of nitrogens with one attached hydrogen (secondary N) is 1. The van der Waals surface area contributed by atoms with Crippen LogP contribution in [0.1, 0.15) is 19.3 Å². The average molecular weight is 192 g/mol. The molecule has 1 fully saturated rings. The summed E-state index contributed by atoms with van der Waals surface area (Å²) >= 11 is 0. The Morgan fingerprint density at radius 3 is 2.83 bits per heavy atom. The van der Waals surface area contributed by atoms with Gasteiger partial charge in [0.15, 0.2) is 0 Å². The van der Waals surface area contributed by atoms with Crippen LogP contribution in [-0.4, -0.2) is 24.2 Å². The highest BCUT2D eigenvalue weighted by Crippen LogP contribution is 2.11. The number of halogens is 1. The number of rotatable bonds is 1. The van der Waals surface area contributed by atoms with Crippen LogP contribution >= 0.6 is 12.4 Å². The van der Waals surface area contributed by atoms with E-state index in [4.69, 9.17) is 5.11 Å². The summed E-state index contributed by atoms with van der Waals surface area (Å²) in [4.78, 5) is 10.3. The first-order chi connectivity index (χ1) is 5.29. The number of carboxylic acid groups (broad SMARTS) is 1. The standard InChI is InChI=1S/C8H13NO2.ClH/c10-8(11)6-7-2-1-4-9-5-3-7;/h6,9H,1-5H2,(H,10,11);1H/b7-6-;. The zero-order chi connectivity index (χ0) is 8.10. The molecule has 1 heterocycles. The third-order valence-corrected chi connectivity index (χ3v) is 1.80. The van der Waals surface area contributed by atoms with Crippen LogP contribution in [0.3, 0.4) is 0 Å². The summed E-state index contributed by atoms with van der Waals surface area (Å²) in [5, 5.41) is 11.7. The Hall–Kier alpha value is -0.540. The topological polar surface area (TPSA) is 49.3 Å². The van der Waals surface area contributed by atoms with Crippen LogP contribution in [0.15, 0.2) is 11.6 Å². The zero-order valence-corrected chi connectivity index (χ0v) is 7.69. The van der Waals surface area contributed by atoms with Crippen LogP contribution in [0, 0.1) is 0 Å². The molecule has 0 aromatic heterocycles. The van der Waals surface area contributed by atoms with Crippen molar-refractivity contribution >= 4 is 18.4 Å². The molecule has 1 saturated heterocycles. The molecule has 12 heavy (non-hydrogen) atoms. The number of hydrogen-bond acceptors (Lipinski definition) is 2. The van der Waals surface area contributed by atoms with E-state index in [1.165, 1.54) is 6.08 Å². The van der Waals surface area contributed by atoms with Gasteiger partial charge in [0.25, 0.3) is 0 Å². The van der Waals surface area contributed by atoms with Crippen molar-refractivity contribution in [3.8, 4) is 0 Å². The lowest BCUT2D eigenvalue weighted by atomic mass is 10.1. The van der Waals surface area contributed by atoms with E-state index in [1.807, 2.05) is 0 Å². The van der Waals surface area contributed by atoms with Crippen molar-refractivity contribution in [1.82, 2.24) is 5.32 Å². The molecular weight excluding hydrogens is 178 g/mol. The monoisotopic (exact) mass is 191 g/mol. The highest BCUT2D eigenvalue weighted by atomic mass is 35.5. The van der Waals surface area contributed by atoms with E-state index in [0.717, 1.165) is 37.9 Å². The number of carbonyl (C=O) groups is 1. The van der Waals surface area contributed by atoms with Gasteiger partial charge in [0, 0.05) is 6.08 Å². The lowest BCUT2D eigenvalue weighted by Crippen LogP contribution is -2.13. The lowest BCUT2D eigenvalue weighted by Gasteiger charge is -1.97. The molecule has 0 aromatic rings. The molecule has 2 N–H and O–H groups in total. The Bertz CT molecular complexity index is 170. The Morgan fingerprint density at radius 2 is 2.17 bits per heavy atom. The third-order valence-electron chi connectivity index (χ3n) is 1.80. The van der Waals surface area contributed by atoms with Crippen molar-refractivity contribution in [2.45, 2.75) is 19.3 Å². The normalized spacial score (nSPS) is 21.2. The van der Waals surface area contributed by atoms with Gasteiger partial charge < -0.3 is 10.4 Å². The van der Waals surface area contributed by atoms with Crippen LogP contribution < -0.4 is 5.32 Å². The van der Waals surface area contributed by atoms with Gasteiger partial charge in [-0.3, -0.25) is 0 Å². The molecule has 4 heteroatoms. The lowest BCUT2D eigenvalue weighted by molar-refractivity contribution is -0.131. The van der Waals surface area contributed by atoms with Gasteiger partial charge in [0.2, 0.25) is 0 Å². The third kappa shape index (κ3) is 4.36. The molecule has 0 atom stereocenters. The minimum atomic E-state index is -0.818. The molecule has 0 radical (unpaired) electrons. The smallest absolute Gasteiger partial charge is 0.328 e. The molecule has 3 nitrogen and oxygen atoms in total. The van der Waals surface area contributed by atoms with E-state index in [1.54, 1.807) is 0 Å². The molecule has 0 aliphatic carbocycles. The zero-order valence-electron chi connectivity index (χ0n) is 6.88. The van der Waals surface area contributed by atoms with Crippen molar-refractivity contribution in [3.63, 3.8) is 0 Å². The molecular formula is C8H14ClNO2. The van der Waals surface area contributed by atoms with Gasteiger partial charge in [-0.05, 0) is 32.4 Å². The second kappa shape index (κ2) is 6.03. The first-order valence-corrected chi connectivity index (χ1v) is 3.92. The minimum absolute atomic E-state index is 0. The Balaban J connectivity index is 0.00000121. The molecule has 0 bridgehead atoms. The van der Waals surface area contributed by atoms with Gasteiger partial charge in [0.1, 0.15) is 0 Å². The SMILES string of the molecule is Cl.O=C(O)/C=C1/CCCNCC1. The van der Waals surface area contributed by atoms with Gasteiger partial charge >= 0.3 is 5.97 Å². The predicted molar refractivity (Wildman–Crippen MR) is 49.7 cm³/mol.